The molecule has 1 fully saturated rings. The van der Waals surface area contributed by atoms with Crippen molar-refractivity contribution < 1.29 is 13.9 Å². The van der Waals surface area contributed by atoms with Gasteiger partial charge in [-0.1, -0.05) is 13.8 Å². The van der Waals surface area contributed by atoms with Crippen molar-refractivity contribution in [1.29, 1.82) is 0 Å². The van der Waals surface area contributed by atoms with E-state index in [0.717, 1.165) is 32.5 Å². The molecule has 25 heavy (non-hydrogen) atoms. The highest BCUT2D eigenvalue weighted by atomic mass is 19.1. The highest BCUT2D eigenvalue weighted by Gasteiger charge is 2.22. The number of piperidine rings is 1. The fourth-order valence-electron chi connectivity index (χ4n) is 3.32. The molecular weight excluding hydrogens is 321 g/mol. The number of nitrogens with one attached hydrogen (secondary N) is 2. The average molecular weight is 351 g/mol. The number of carbonyl (C=O) groups is 1. The summed E-state index contributed by atoms with van der Waals surface area (Å²) in [7, 11) is 1.54. The molecule has 0 radical (unpaired) electrons. The second-order valence-electron chi connectivity index (χ2n) is 7.19. The number of ether oxygens (including phenoxy) is 1. The third-order valence-corrected chi connectivity index (χ3v) is 4.55. The lowest BCUT2D eigenvalue weighted by molar-refractivity contribution is 0.177. The summed E-state index contributed by atoms with van der Waals surface area (Å²) in [5.41, 5.74) is 0.629. The van der Waals surface area contributed by atoms with E-state index in [9.17, 15) is 9.18 Å². The number of carbonyl (C=O) groups excluding carboxylic acids is 1. The van der Waals surface area contributed by atoms with Crippen LogP contribution in [0.5, 0.6) is 5.75 Å². The second kappa shape index (κ2) is 9.04. The fourth-order valence-corrected chi connectivity index (χ4v) is 3.32. The summed E-state index contributed by atoms with van der Waals surface area (Å²) in [5, 5.41) is 5.91. The summed E-state index contributed by atoms with van der Waals surface area (Å²) in [4.78, 5) is 14.7. The SMILES string of the molecule is COc1ccc(F)cc1[C@H](C)NC(=O)NC1CCN(CC(C)C)CC1. The molecule has 2 N–H and O–H groups in total. The lowest BCUT2D eigenvalue weighted by Crippen LogP contribution is -2.48. The van der Waals surface area contributed by atoms with Crippen molar-refractivity contribution in [1.82, 2.24) is 15.5 Å². The van der Waals surface area contributed by atoms with Crippen LogP contribution in [0.15, 0.2) is 18.2 Å². The quantitative estimate of drug-likeness (QED) is 0.827. The number of methoxy groups -OCH3 is 1. The Kier molecular flexibility index (Phi) is 7.05. The van der Waals surface area contributed by atoms with E-state index < -0.39 is 0 Å². The molecular formula is C19H30FN3O2. The molecule has 0 saturated carbocycles. The summed E-state index contributed by atoms with van der Waals surface area (Å²) >= 11 is 0. The van der Waals surface area contributed by atoms with Gasteiger partial charge in [-0.3, -0.25) is 0 Å². The third kappa shape index (κ3) is 5.88. The summed E-state index contributed by atoms with van der Waals surface area (Å²) in [6.07, 6.45) is 1.91. The zero-order valence-corrected chi connectivity index (χ0v) is 15.6. The summed E-state index contributed by atoms with van der Waals surface area (Å²) in [6, 6.07) is 3.94. The van der Waals surface area contributed by atoms with E-state index in [-0.39, 0.29) is 23.9 Å². The van der Waals surface area contributed by atoms with Gasteiger partial charge in [0.15, 0.2) is 0 Å². The van der Waals surface area contributed by atoms with Crippen molar-refractivity contribution in [2.45, 2.75) is 45.7 Å². The van der Waals surface area contributed by atoms with Crippen LogP contribution in [0.25, 0.3) is 0 Å². The number of rotatable bonds is 6. The number of amides is 2. The van der Waals surface area contributed by atoms with E-state index in [4.69, 9.17) is 4.74 Å². The number of likely N-dealkylation sites (tertiary alicyclic amines) is 1. The van der Waals surface area contributed by atoms with Crippen LogP contribution in [0.2, 0.25) is 0 Å². The Morgan fingerprint density at radius 3 is 2.60 bits per heavy atom. The van der Waals surface area contributed by atoms with Crippen LogP contribution >= 0.6 is 0 Å². The number of hydrogen-bond donors (Lipinski definition) is 2. The first-order chi connectivity index (χ1) is 11.9. The Labute approximate surface area is 149 Å². The molecule has 1 aromatic rings. The Balaban J connectivity index is 1.83. The first kappa shape index (κ1) is 19.5. The topological polar surface area (TPSA) is 53.6 Å². The lowest BCUT2D eigenvalue weighted by atomic mass is 10.0. The van der Waals surface area contributed by atoms with Crippen LogP contribution in [0.3, 0.4) is 0 Å². The third-order valence-electron chi connectivity index (χ3n) is 4.55. The van der Waals surface area contributed by atoms with Crippen molar-refractivity contribution in [3.8, 4) is 5.75 Å². The predicted molar refractivity (Wildman–Crippen MR) is 97.3 cm³/mol. The molecule has 0 bridgehead atoms. The van der Waals surface area contributed by atoms with Gasteiger partial charge >= 0.3 is 6.03 Å². The van der Waals surface area contributed by atoms with E-state index in [0.29, 0.717) is 17.2 Å². The molecule has 1 aliphatic heterocycles. The first-order valence-corrected chi connectivity index (χ1v) is 9.02. The maximum Gasteiger partial charge on any atom is 0.315 e. The summed E-state index contributed by atoms with van der Waals surface area (Å²) in [5.74, 6) is 0.883. The molecule has 0 aliphatic carbocycles. The molecule has 1 aliphatic rings. The summed E-state index contributed by atoms with van der Waals surface area (Å²) < 4.78 is 18.7. The number of hydrogen-bond acceptors (Lipinski definition) is 3. The van der Waals surface area contributed by atoms with E-state index in [1.807, 2.05) is 6.92 Å². The van der Waals surface area contributed by atoms with Crippen LogP contribution in [-0.4, -0.2) is 43.7 Å². The Morgan fingerprint density at radius 1 is 1.32 bits per heavy atom. The second-order valence-corrected chi connectivity index (χ2v) is 7.19. The molecule has 0 spiro atoms. The molecule has 1 atom stereocenters. The molecule has 1 heterocycles. The molecule has 0 aromatic heterocycles. The number of urea groups is 1. The van der Waals surface area contributed by atoms with Gasteiger partial charge < -0.3 is 20.3 Å². The largest absolute Gasteiger partial charge is 0.496 e. The Bertz CT molecular complexity index is 572. The normalized spacial score (nSPS) is 17.4. The molecule has 6 heteroatoms. The van der Waals surface area contributed by atoms with E-state index >= 15 is 0 Å². The minimum absolute atomic E-state index is 0.185. The van der Waals surface area contributed by atoms with Gasteiger partial charge in [-0.25, -0.2) is 9.18 Å². The van der Waals surface area contributed by atoms with Gasteiger partial charge in [0.2, 0.25) is 0 Å². The Morgan fingerprint density at radius 2 is 2.00 bits per heavy atom. The van der Waals surface area contributed by atoms with E-state index in [1.165, 1.54) is 19.2 Å². The first-order valence-electron chi connectivity index (χ1n) is 9.02. The smallest absolute Gasteiger partial charge is 0.315 e. The van der Waals surface area contributed by atoms with Crippen molar-refractivity contribution in [2.24, 2.45) is 5.92 Å². The van der Waals surface area contributed by atoms with Crippen molar-refractivity contribution in [3.05, 3.63) is 29.6 Å². The fraction of sp³-hybridized carbons (Fsp3) is 0.632. The van der Waals surface area contributed by atoms with Crippen LogP contribution in [-0.2, 0) is 0 Å². The van der Waals surface area contributed by atoms with Crippen molar-refractivity contribution >= 4 is 6.03 Å². The maximum atomic E-state index is 13.5. The van der Waals surface area contributed by atoms with Gasteiger partial charge in [0.05, 0.1) is 13.2 Å². The number of nitrogens with zero attached hydrogens (tertiary/aromatic N) is 1. The van der Waals surface area contributed by atoms with E-state index in [2.05, 4.69) is 29.4 Å². The van der Waals surface area contributed by atoms with Gasteiger partial charge in [0.1, 0.15) is 11.6 Å². The van der Waals surface area contributed by atoms with Gasteiger partial charge in [0, 0.05) is 31.2 Å². The zero-order valence-electron chi connectivity index (χ0n) is 15.6. The van der Waals surface area contributed by atoms with E-state index in [1.54, 1.807) is 6.07 Å². The molecule has 1 saturated heterocycles. The molecule has 2 amide bonds. The van der Waals surface area contributed by atoms with Gasteiger partial charge in [-0.2, -0.15) is 0 Å². The Hall–Kier alpha value is -1.82. The molecule has 5 nitrogen and oxygen atoms in total. The maximum absolute atomic E-state index is 13.5. The molecule has 1 aromatic carbocycles. The highest BCUT2D eigenvalue weighted by Crippen LogP contribution is 2.25. The summed E-state index contributed by atoms with van der Waals surface area (Å²) in [6.45, 7) is 9.39. The molecule has 140 valence electrons. The van der Waals surface area contributed by atoms with Gasteiger partial charge in [-0.15, -0.1) is 0 Å². The highest BCUT2D eigenvalue weighted by molar-refractivity contribution is 5.74. The van der Waals surface area contributed by atoms with Crippen LogP contribution in [0, 0.1) is 11.7 Å². The minimum Gasteiger partial charge on any atom is -0.496 e. The zero-order chi connectivity index (χ0) is 18.4. The van der Waals surface area contributed by atoms with Gasteiger partial charge in [-0.05, 0) is 43.9 Å². The number of benzene rings is 1. The molecule has 0 unspecified atom stereocenters. The van der Waals surface area contributed by atoms with Crippen molar-refractivity contribution in [3.63, 3.8) is 0 Å². The number of halogens is 1. The predicted octanol–water partition coefficient (Wildman–Crippen LogP) is 3.31. The van der Waals surface area contributed by atoms with Gasteiger partial charge in [0.25, 0.3) is 0 Å². The molecule has 2 rings (SSSR count). The van der Waals surface area contributed by atoms with Crippen molar-refractivity contribution in [2.75, 3.05) is 26.7 Å². The van der Waals surface area contributed by atoms with Crippen LogP contribution in [0.4, 0.5) is 9.18 Å². The van der Waals surface area contributed by atoms with Crippen LogP contribution < -0.4 is 15.4 Å². The average Bonchev–Trinajstić information content (AvgIpc) is 2.56. The minimum atomic E-state index is -0.345. The van der Waals surface area contributed by atoms with Crippen LogP contribution in [0.1, 0.15) is 45.2 Å². The standard InChI is InChI=1S/C19H30FN3O2/c1-13(2)12-23-9-7-16(8-10-23)22-19(24)21-14(3)17-11-15(20)5-6-18(17)25-4/h5-6,11,13-14,16H,7-10,12H2,1-4H3,(H2,21,22,24)/t14-/m0/s1. The lowest BCUT2D eigenvalue weighted by Gasteiger charge is -2.33. The monoisotopic (exact) mass is 351 g/mol.